The summed E-state index contributed by atoms with van der Waals surface area (Å²) in [6, 6.07) is 12.1. The topological polar surface area (TPSA) is 43.8 Å². The van der Waals surface area contributed by atoms with Gasteiger partial charge in [0.15, 0.2) is 0 Å². The molecule has 0 spiro atoms. The van der Waals surface area contributed by atoms with E-state index in [4.69, 9.17) is 17.3 Å². The van der Waals surface area contributed by atoms with Crippen LogP contribution in [0.5, 0.6) is 0 Å². The number of aromatic nitrogens is 2. The molecule has 0 radical (unpaired) electrons. The molecule has 0 amide bonds. The quantitative estimate of drug-likeness (QED) is 0.798. The summed E-state index contributed by atoms with van der Waals surface area (Å²) in [7, 11) is 0. The Bertz CT molecular complexity index is 673. The summed E-state index contributed by atoms with van der Waals surface area (Å²) in [5.41, 5.74) is 7.99. The van der Waals surface area contributed by atoms with E-state index in [1.54, 1.807) is 11.3 Å². The Labute approximate surface area is 114 Å². The SMILES string of the molecule is NCC(c1ccc(Cl)s1)n1cnc2ccccc21. The minimum absolute atomic E-state index is 0.0925. The van der Waals surface area contributed by atoms with E-state index in [1.807, 2.05) is 36.7 Å². The first-order valence-corrected chi connectivity index (χ1v) is 6.86. The number of hydrogen-bond donors (Lipinski definition) is 1. The summed E-state index contributed by atoms with van der Waals surface area (Å²) in [6.45, 7) is 0.525. The maximum Gasteiger partial charge on any atom is 0.0964 e. The number of imidazole rings is 1. The van der Waals surface area contributed by atoms with Crippen LogP contribution in [0.3, 0.4) is 0 Å². The molecule has 0 saturated carbocycles. The zero-order valence-corrected chi connectivity index (χ0v) is 11.2. The van der Waals surface area contributed by atoms with E-state index in [-0.39, 0.29) is 6.04 Å². The van der Waals surface area contributed by atoms with Crippen LogP contribution in [0.1, 0.15) is 10.9 Å². The molecule has 1 atom stereocenters. The third-order valence-corrected chi connectivity index (χ3v) is 4.29. The second-order valence-corrected chi connectivity index (χ2v) is 5.78. The first kappa shape index (κ1) is 11.7. The minimum Gasteiger partial charge on any atom is -0.328 e. The van der Waals surface area contributed by atoms with Gasteiger partial charge in [0.25, 0.3) is 0 Å². The zero-order valence-electron chi connectivity index (χ0n) is 9.58. The van der Waals surface area contributed by atoms with E-state index in [0.29, 0.717) is 6.54 Å². The molecule has 0 fully saturated rings. The molecule has 3 rings (SSSR count). The fraction of sp³-hybridized carbons (Fsp3) is 0.154. The fourth-order valence-electron chi connectivity index (χ4n) is 2.10. The number of thiophene rings is 1. The minimum atomic E-state index is 0.0925. The number of fused-ring (bicyclic) bond motifs is 1. The third kappa shape index (κ3) is 1.92. The van der Waals surface area contributed by atoms with Crippen LogP contribution < -0.4 is 5.73 Å². The Morgan fingerprint density at radius 3 is 2.83 bits per heavy atom. The fourth-order valence-corrected chi connectivity index (χ4v) is 3.27. The maximum atomic E-state index is 5.99. The van der Waals surface area contributed by atoms with Gasteiger partial charge < -0.3 is 10.3 Å². The van der Waals surface area contributed by atoms with Gasteiger partial charge in [-0.15, -0.1) is 11.3 Å². The van der Waals surface area contributed by atoms with Crippen molar-refractivity contribution >= 4 is 34.0 Å². The summed E-state index contributed by atoms with van der Waals surface area (Å²) in [5, 5.41) is 0. The predicted octanol–water partition coefficient (Wildman–Crippen LogP) is 3.30. The highest BCUT2D eigenvalue weighted by Gasteiger charge is 2.16. The van der Waals surface area contributed by atoms with Crippen LogP contribution in [-0.2, 0) is 0 Å². The Morgan fingerprint density at radius 2 is 2.11 bits per heavy atom. The summed E-state index contributed by atoms with van der Waals surface area (Å²) in [4.78, 5) is 5.56. The summed E-state index contributed by atoms with van der Waals surface area (Å²) in [6.07, 6.45) is 1.84. The van der Waals surface area contributed by atoms with Gasteiger partial charge in [-0.25, -0.2) is 4.98 Å². The summed E-state index contributed by atoms with van der Waals surface area (Å²) >= 11 is 7.56. The van der Waals surface area contributed by atoms with E-state index in [2.05, 4.69) is 15.6 Å². The van der Waals surface area contributed by atoms with Gasteiger partial charge in [0.1, 0.15) is 0 Å². The molecule has 2 aromatic heterocycles. The molecule has 0 bridgehead atoms. The lowest BCUT2D eigenvalue weighted by atomic mass is 10.2. The number of rotatable bonds is 3. The highest BCUT2D eigenvalue weighted by atomic mass is 35.5. The molecule has 5 heteroatoms. The molecule has 92 valence electrons. The van der Waals surface area contributed by atoms with Gasteiger partial charge in [-0.2, -0.15) is 0 Å². The lowest BCUT2D eigenvalue weighted by Gasteiger charge is -2.15. The maximum absolute atomic E-state index is 5.99. The molecule has 2 N–H and O–H groups in total. The van der Waals surface area contributed by atoms with Crippen LogP contribution in [0.4, 0.5) is 0 Å². The zero-order chi connectivity index (χ0) is 12.5. The molecule has 1 unspecified atom stereocenters. The Morgan fingerprint density at radius 1 is 1.28 bits per heavy atom. The molecule has 1 aromatic carbocycles. The van der Waals surface area contributed by atoms with E-state index < -0.39 is 0 Å². The van der Waals surface area contributed by atoms with Crippen molar-refractivity contribution in [2.45, 2.75) is 6.04 Å². The predicted molar refractivity (Wildman–Crippen MR) is 76.3 cm³/mol. The summed E-state index contributed by atoms with van der Waals surface area (Å²) in [5.74, 6) is 0. The molecule has 0 saturated heterocycles. The van der Waals surface area contributed by atoms with Crippen molar-refractivity contribution in [2.24, 2.45) is 5.73 Å². The average molecular weight is 278 g/mol. The summed E-state index contributed by atoms with van der Waals surface area (Å²) < 4.78 is 2.89. The van der Waals surface area contributed by atoms with Crippen LogP contribution in [0.25, 0.3) is 11.0 Å². The Balaban J connectivity index is 2.11. The van der Waals surface area contributed by atoms with Gasteiger partial charge in [-0.1, -0.05) is 23.7 Å². The molecule has 0 aliphatic heterocycles. The molecule has 2 heterocycles. The number of para-hydroxylation sites is 2. The Hall–Kier alpha value is -1.36. The lowest BCUT2D eigenvalue weighted by Crippen LogP contribution is -2.18. The van der Waals surface area contributed by atoms with Gasteiger partial charge in [-0.3, -0.25) is 0 Å². The average Bonchev–Trinajstić information content (AvgIpc) is 2.98. The van der Waals surface area contributed by atoms with Gasteiger partial charge in [-0.05, 0) is 24.3 Å². The van der Waals surface area contributed by atoms with Crippen molar-refractivity contribution in [1.82, 2.24) is 9.55 Å². The normalized spacial score (nSPS) is 13.0. The standard InChI is InChI=1S/C13H12ClN3S/c14-13-6-5-12(18-13)11(7-15)17-8-16-9-3-1-2-4-10(9)17/h1-6,8,11H,7,15H2. The van der Waals surface area contributed by atoms with Crippen LogP contribution >= 0.6 is 22.9 Å². The second-order valence-electron chi connectivity index (χ2n) is 4.03. The number of hydrogen-bond acceptors (Lipinski definition) is 3. The lowest BCUT2D eigenvalue weighted by molar-refractivity contribution is 0.620. The van der Waals surface area contributed by atoms with Crippen molar-refractivity contribution < 1.29 is 0 Å². The first-order chi connectivity index (χ1) is 8.79. The number of nitrogens with zero attached hydrogens (tertiary/aromatic N) is 2. The van der Waals surface area contributed by atoms with Crippen molar-refractivity contribution in [1.29, 1.82) is 0 Å². The molecule has 3 aromatic rings. The van der Waals surface area contributed by atoms with Crippen LogP contribution in [0.15, 0.2) is 42.7 Å². The van der Waals surface area contributed by atoms with Crippen LogP contribution in [-0.4, -0.2) is 16.1 Å². The largest absolute Gasteiger partial charge is 0.328 e. The third-order valence-electron chi connectivity index (χ3n) is 2.96. The molecule has 3 nitrogen and oxygen atoms in total. The number of benzene rings is 1. The molecular formula is C13H12ClN3S. The van der Waals surface area contributed by atoms with E-state index in [1.165, 1.54) is 0 Å². The van der Waals surface area contributed by atoms with E-state index in [9.17, 15) is 0 Å². The van der Waals surface area contributed by atoms with Crippen molar-refractivity contribution in [2.75, 3.05) is 6.54 Å². The van der Waals surface area contributed by atoms with Gasteiger partial charge in [0.05, 0.1) is 27.7 Å². The van der Waals surface area contributed by atoms with E-state index in [0.717, 1.165) is 20.2 Å². The molecule has 0 aliphatic rings. The first-order valence-electron chi connectivity index (χ1n) is 5.66. The highest BCUT2D eigenvalue weighted by molar-refractivity contribution is 7.16. The van der Waals surface area contributed by atoms with E-state index >= 15 is 0 Å². The van der Waals surface area contributed by atoms with Crippen LogP contribution in [0, 0.1) is 0 Å². The monoisotopic (exact) mass is 277 g/mol. The van der Waals surface area contributed by atoms with Gasteiger partial charge >= 0.3 is 0 Å². The molecule has 18 heavy (non-hydrogen) atoms. The molecular weight excluding hydrogens is 266 g/mol. The van der Waals surface area contributed by atoms with Crippen molar-refractivity contribution in [3.63, 3.8) is 0 Å². The smallest absolute Gasteiger partial charge is 0.0964 e. The Kier molecular flexibility index (Phi) is 3.07. The number of nitrogens with two attached hydrogens (primary N) is 1. The van der Waals surface area contributed by atoms with Crippen molar-refractivity contribution in [3.05, 3.63) is 51.9 Å². The van der Waals surface area contributed by atoms with Gasteiger partial charge in [0, 0.05) is 11.4 Å². The molecule has 0 aliphatic carbocycles. The van der Waals surface area contributed by atoms with Crippen LogP contribution in [0.2, 0.25) is 4.34 Å². The number of halogens is 1. The van der Waals surface area contributed by atoms with Crippen molar-refractivity contribution in [3.8, 4) is 0 Å². The highest BCUT2D eigenvalue weighted by Crippen LogP contribution is 2.30. The second kappa shape index (κ2) is 4.72. The van der Waals surface area contributed by atoms with Gasteiger partial charge in [0.2, 0.25) is 0 Å².